The smallest absolute Gasteiger partial charge is 0.244 e. The topological polar surface area (TPSA) is 29.1 Å². The van der Waals surface area contributed by atoms with E-state index in [-0.39, 0.29) is 5.91 Å². The van der Waals surface area contributed by atoms with Gasteiger partial charge in [0.2, 0.25) is 5.91 Å². The van der Waals surface area contributed by atoms with Gasteiger partial charge in [0, 0.05) is 22.4 Å². The highest BCUT2D eigenvalue weighted by Crippen LogP contribution is 2.27. The number of amides is 1. The molecule has 0 spiro atoms. The van der Waals surface area contributed by atoms with Crippen LogP contribution in [0.1, 0.15) is 41.7 Å². The number of thiophene rings is 1. The van der Waals surface area contributed by atoms with E-state index in [1.54, 1.807) is 6.08 Å². The molecule has 1 amide bonds. The minimum absolute atomic E-state index is 0.0472. The number of nitrogens with one attached hydrogen (secondary N) is 1. The largest absolute Gasteiger partial charge is 0.353 e. The molecule has 2 nitrogen and oxygen atoms in total. The van der Waals surface area contributed by atoms with Crippen LogP contribution in [-0.4, -0.2) is 12.5 Å². The normalized spacial score (nSPS) is 13.3. The number of carbonyl (C=O) groups is 1. The zero-order valence-electron chi connectivity index (χ0n) is 15.0. The van der Waals surface area contributed by atoms with Crippen molar-refractivity contribution in [1.29, 1.82) is 0 Å². The number of likely N-dealkylation sites (N-methyl/N-ethyl adjacent to an activating group) is 1. The summed E-state index contributed by atoms with van der Waals surface area (Å²) in [6, 6.07) is 0. The van der Waals surface area contributed by atoms with Crippen molar-refractivity contribution in [3.05, 3.63) is 62.4 Å². The van der Waals surface area contributed by atoms with Crippen molar-refractivity contribution in [3.63, 3.8) is 0 Å². The fraction of sp³-hybridized carbons (Fsp3) is 0.350. The lowest BCUT2D eigenvalue weighted by molar-refractivity contribution is -0.116. The molecule has 0 saturated heterocycles. The molecule has 1 aromatic rings. The number of allylic oxidation sites excluding steroid dienone is 6. The molecule has 0 atom stereocenters. The second-order valence-corrected chi connectivity index (χ2v) is 7.07. The Morgan fingerprint density at radius 3 is 2.35 bits per heavy atom. The average molecular weight is 330 g/mol. The molecule has 0 aliphatic carbocycles. The molecule has 0 saturated carbocycles. The van der Waals surface area contributed by atoms with E-state index >= 15 is 0 Å². The molecule has 3 heteroatoms. The van der Waals surface area contributed by atoms with Crippen molar-refractivity contribution < 1.29 is 4.79 Å². The number of hydrogen-bond donors (Lipinski definition) is 1. The van der Waals surface area contributed by atoms with Gasteiger partial charge in [-0.1, -0.05) is 36.0 Å². The highest BCUT2D eigenvalue weighted by atomic mass is 32.1. The first-order chi connectivity index (χ1) is 10.8. The number of rotatable bonds is 6. The molecular formula is C20H27NOS. The average Bonchev–Trinajstić information content (AvgIpc) is 2.70. The van der Waals surface area contributed by atoms with Gasteiger partial charge < -0.3 is 5.32 Å². The summed E-state index contributed by atoms with van der Waals surface area (Å²) in [6.45, 7) is 13.1. The summed E-state index contributed by atoms with van der Waals surface area (Å²) in [5.74, 6) is -0.0472. The lowest BCUT2D eigenvalue weighted by Crippen LogP contribution is -2.20. The summed E-state index contributed by atoms with van der Waals surface area (Å²) in [6.07, 6.45) is 11.9. The summed E-state index contributed by atoms with van der Waals surface area (Å²) in [5, 5.41) is 2.75. The van der Waals surface area contributed by atoms with E-state index in [0.29, 0.717) is 6.54 Å². The predicted octanol–water partition coefficient (Wildman–Crippen LogP) is 5.27. The van der Waals surface area contributed by atoms with Crippen LogP contribution < -0.4 is 5.32 Å². The molecule has 1 heterocycles. The third-order valence-electron chi connectivity index (χ3n) is 3.56. The zero-order valence-corrected chi connectivity index (χ0v) is 15.8. The Kier molecular flexibility index (Phi) is 7.76. The van der Waals surface area contributed by atoms with Gasteiger partial charge in [0.15, 0.2) is 0 Å². The minimum Gasteiger partial charge on any atom is -0.353 e. The van der Waals surface area contributed by atoms with Gasteiger partial charge >= 0.3 is 0 Å². The molecule has 1 N–H and O–H groups in total. The molecule has 1 aromatic heterocycles. The molecule has 0 aliphatic rings. The van der Waals surface area contributed by atoms with Crippen molar-refractivity contribution in [2.45, 2.75) is 41.5 Å². The summed E-state index contributed by atoms with van der Waals surface area (Å²) >= 11 is 1.85. The first-order valence-electron chi connectivity index (χ1n) is 7.91. The van der Waals surface area contributed by atoms with Crippen molar-refractivity contribution >= 4 is 23.3 Å². The van der Waals surface area contributed by atoms with Gasteiger partial charge in [-0.3, -0.25) is 4.79 Å². The minimum atomic E-state index is -0.0472. The summed E-state index contributed by atoms with van der Waals surface area (Å²) in [7, 11) is 0. The first kappa shape index (κ1) is 19.2. The van der Waals surface area contributed by atoms with E-state index in [2.05, 4.69) is 51.2 Å². The van der Waals surface area contributed by atoms with Crippen LogP contribution in [0.2, 0.25) is 0 Å². The predicted molar refractivity (Wildman–Crippen MR) is 103 cm³/mol. The van der Waals surface area contributed by atoms with Crippen LogP contribution in [-0.2, 0) is 4.79 Å². The second-order valence-electron chi connectivity index (χ2n) is 5.64. The van der Waals surface area contributed by atoms with Crippen LogP contribution >= 0.6 is 11.3 Å². The summed E-state index contributed by atoms with van der Waals surface area (Å²) in [5.41, 5.74) is 4.81. The molecule has 1 rings (SSSR count). The van der Waals surface area contributed by atoms with Crippen LogP contribution in [0.5, 0.6) is 0 Å². The van der Waals surface area contributed by atoms with Crippen LogP contribution in [0, 0.1) is 20.8 Å². The van der Waals surface area contributed by atoms with E-state index in [4.69, 9.17) is 0 Å². The monoisotopic (exact) mass is 329 g/mol. The number of hydrogen-bond acceptors (Lipinski definition) is 2. The van der Waals surface area contributed by atoms with E-state index in [9.17, 15) is 4.79 Å². The molecule has 0 aromatic carbocycles. The van der Waals surface area contributed by atoms with Gasteiger partial charge in [0.05, 0.1) is 0 Å². The van der Waals surface area contributed by atoms with E-state index in [0.717, 1.165) is 5.57 Å². The Bertz CT molecular complexity index is 672. The lowest BCUT2D eigenvalue weighted by Gasteiger charge is -1.96. The molecule has 124 valence electrons. The maximum Gasteiger partial charge on any atom is 0.244 e. The molecule has 23 heavy (non-hydrogen) atoms. The molecule has 0 aliphatic heterocycles. The maximum absolute atomic E-state index is 11.4. The Morgan fingerprint density at radius 1 is 1.09 bits per heavy atom. The second kappa shape index (κ2) is 9.31. The van der Waals surface area contributed by atoms with Crippen LogP contribution in [0.3, 0.4) is 0 Å². The highest BCUT2D eigenvalue weighted by Gasteiger charge is 2.05. The highest BCUT2D eigenvalue weighted by molar-refractivity contribution is 7.12. The molecule has 0 bridgehead atoms. The number of aryl methyl sites for hydroxylation is 2. The number of carbonyl (C=O) groups excluding carboxylic acids is 1. The fourth-order valence-electron chi connectivity index (χ4n) is 2.16. The van der Waals surface area contributed by atoms with Crippen molar-refractivity contribution in [2.24, 2.45) is 0 Å². The molecular weight excluding hydrogens is 302 g/mol. The Morgan fingerprint density at radius 2 is 1.78 bits per heavy atom. The lowest BCUT2D eigenvalue weighted by atomic mass is 10.1. The summed E-state index contributed by atoms with van der Waals surface area (Å²) in [4.78, 5) is 14.2. The Hall–Kier alpha value is -1.87. The Balaban J connectivity index is 2.72. The van der Waals surface area contributed by atoms with Gasteiger partial charge in [-0.25, -0.2) is 0 Å². The van der Waals surface area contributed by atoms with Crippen LogP contribution in [0.25, 0.3) is 6.08 Å². The van der Waals surface area contributed by atoms with Crippen molar-refractivity contribution in [3.8, 4) is 0 Å². The van der Waals surface area contributed by atoms with Gasteiger partial charge in [-0.15, -0.1) is 11.3 Å². The standard InChI is InChI=1S/C20H27NOS/c1-7-21-20(22)13-15(3)10-8-9-14(2)11-12-19-16(4)17(5)23-18(19)6/h8-13H,7H2,1-6H3,(H,21,22). The van der Waals surface area contributed by atoms with Crippen molar-refractivity contribution in [1.82, 2.24) is 5.32 Å². The van der Waals surface area contributed by atoms with Gasteiger partial charge in [0.1, 0.15) is 0 Å². The first-order valence-corrected chi connectivity index (χ1v) is 8.72. The van der Waals surface area contributed by atoms with Gasteiger partial charge in [-0.2, -0.15) is 0 Å². The van der Waals surface area contributed by atoms with Crippen LogP contribution in [0.4, 0.5) is 0 Å². The molecule has 0 radical (unpaired) electrons. The van der Waals surface area contributed by atoms with Gasteiger partial charge in [-0.05, 0) is 58.2 Å². The SMILES string of the molecule is CCNC(=O)C=C(C)C=CC=C(C)C=Cc1c(C)sc(C)c1C. The third kappa shape index (κ3) is 6.41. The van der Waals surface area contributed by atoms with Crippen LogP contribution in [0.15, 0.2) is 41.5 Å². The Labute approximate surface area is 144 Å². The molecule has 0 fully saturated rings. The van der Waals surface area contributed by atoms with Gasteiger partial charge in [0.25, 0.3) is 0 Å². The van der Waals surface area contributed by atoms with E-state index in [1.807, 2.05) is 37.3 Å². The third-order valence-corrected chi connectivity index (χ3v) is 4.70. The quantitative estimate of drug-likeness (QED) is 0.559. The van der Waals surface area contributed by atoms with Crippen molar-refractivity contribution in [2.75, 3.05) is 6.54 Å². The van der Waals surface area contributed by atoms with E-state index in [1.165, 1.54) is 26.5 Å². The van der Waals surface area contributed by atoms with E-state index < -0.39 is 0 Å². The maximum atomic E-state index is 11.4. The zero-order chi connectivity index (χ0) is 17.4. The molecule has 0 unspecified atom stereocenters. The fourth-order valence-corrected chi connectivity index (χ4v) is 3.21. The summed E-state index contributed by atoms with van der Waals surface area (Å²) < 4.78 is 0.